The van der Waals surface area contributed by atoms with Gasteiger partial charge in [-0.05, 0) is 90.2 Å². The Bertz CT molecular complexity index is 4140. The number of aromatic nitrogens is 4. The quantitative estimate of drug-likeness (QED) is 0.00992. The van der Waals surface area contributed by atoms with Gasteiger partial charge in [0.1, 0.15) is 36.4 Å². The zero-order valence-electron chi connectivity index (χ0n) is 50.5. The molecule has 0 saturated carbocycles. The number of nitrogens with two attached hydrogens (primary N) is 1. The lowest BCUT2D eigenvalue weighted by Crippen LogP contribution is -2.49. The molecule has 1 saturated heterocycles. The highest BCUT2D eigenvalue weighted by Crippen LogP contribution is 2.67. The topological polar surface area (TPSA) is 356 Å². The van der Waals surface area contributed by atoms with E-state index in [1.807, 2.05) is 12.1 Å². The monoisotopic (exact) mass is 1390 g/mol. The van der Waals surface area contributed by atoms with Gasteiger partial charge < -0.3 is 59.7 Å². The molecule has 1 fully saturated rings. The van der Waals surface area contributed by atoms with Crippen molar-refractivity contribution in [3.05, 3.63) is 112 Å². The minimum Gasteiger partial charge on any atom is -0.756 e. The van der Waals surface area contributed by atoms with Crippen LogP contribution in [0.4, 0.5) is 11.6 Å². The highest BCUT2D eigenvalue weighted by molar-refractivity contribution is 7.66. The van der Waals surface area contributed by atoms with Crippen LogP contribution in [0.15, 0.2) is 47.5 Å². The number of hydrogen-bond donors (Lipinski definition) is 7. The molecule has 4 aliphatic rings. The van der Waals surface area contributed by atoms with Crippen LogP contribution in [0.1, 0.15) is 133 Å². The van der Waals surface area contributed by atoms with Crippen molar-refractivity contribution in [3.63, 3.8) is 0 Å². The number of nitrogens with one attached hydrogen (secondary N) is 2. The Kier molecular flexibility index (Phi) is 20.6. The number of carbonyl (C=O) groups is 2. The van der Waals surface area contributed by atoms with Gasteiger partial charge in [-0.2, -0.15) is 9.29 Å². The number of amides is 2. The summed E-state index contributed by atoms with van der Waals surface area (Å²) in [5.74, 6) is -0.0437. The molecular formula is C57H70Cl4N9O17P3. The first-order chi connectivity index (χ1) is 42.1. The van der Waals surface area contributed by atoms with Crippen LogP contribution in [-0.4, -0.2) is 132 Å². The van der Waals surface area contributed by atoms with E-state index in [0.717, 1.165) is 44.2 Å². The van der Waals surface area contributed by atoms with E-state index >= 15 is 4.79 Å². The first-order valence-corrected chi connectivity index (χ1v) is 34.7. The second-order valence-electron chi connectivity index (χ2n) is 23.3. The first kappa shape index (κ1) is 69.3. The number of rotatable bonds is 24. The van der Waals surface area contributed by atoms with E-state index in [9.17, 15) is 48.2 Å². The van der Waals surface area contributed by atoms with Gasteiger partial charge in [0.2, 0.25) is 17.2 Å². The molecule has 26 nitrogen and oxygen atoms in total. The second kappa shape index (κ2) is 26.7. The molecule has 7 atom stereocenters. The largest absolute Gasteiger partial charge is 0.756 e. The maximum atomic E-state index is 15.0. The SMILES string of the molecule is CCN1c2cc3c(cc2C(C)=CC1(C)C)C(c1c(Cl)c(Cl)c(Cl)c(Cl)c1C(=O)N(C)CCCC(=O)NCCCCCCOP(=O)([O-])OP(=O)(O)OP(=O)(O)OC[C@H]1O[C@@H](n2cnc4c(=O)[nH]c(N)nc42)[C@H](O)[C@@H]1O)=c1cc2c(cc1O3)=[N+](CC)C(C)(C)C=C2C. The van der Waals surface area contributed by atoms with E-state index in [2.05, 4.69) is 127 Å². The molecule has 33 heteroatoms. The van der Waals surface area contributed by atoms with Crippen LogP contribution in [0.3, 0.4) is 0 Å². The summed E-state index contributed by atoms with van der Waals surface area (Å²) in [4.78, 5) is 86.7. The smallest absolute Gasteiger partial charge is 0.487 e. The van der Waals surface area contributed by atoms with Crippen molar-refractivity contribution < 1.29 is 75.3 Å². The molecule has 8 N–H and O–H groups in total. The van der Waals surface area contributed by atoms with Crippen LogP contribution in [-0.2, 0) is 40.9 Å². The molecule has 6 heterocycles. The molecule has 2 amide bonds. The van der Waals surface area contributed by atoms with Gasteiger partial charge in [-0.3, -0.25) is 33.0 Å². The number of ether oxygens (including phenoxy) is 2. The van der Waals surface area contributed by atoms with Crippen molar-refractivity contribution >= 4 is 121 Å². The highest BCUT2D eigenvalue weighted by Gasteiger charge is 2.47. The fourth-order valence-corrected chi connectivity index (χ4v) is 16.6. The third kappa shape index (κ3) is 14.2. The van der Waals surface area contributed by atoms with Crippen LogP contribution in [0.5, 0.6) is 11.5 Å². The molecule has 9 rings (SSSR count). The van der Waals surface area contributed by atoms with Crippen molar-refractivity contribution in [3.8, 4) is 11.5 Å². The number of anilines is 2. The van der Waals surface area contributed by atoms with Crippen LogP contribution in [0.2, 0.25) is 20.1 Å². The van der Waals surface area contributed by atoms with E-state index < -0.39 is 72.7 Å². The normalized spacial score (nSPS) is 21.0. The number of unbranched alkanes of at least 4 members (excludes halogenated alkanes) is 3. The maximum absolute atomic E-state index is 15.0. The summed E-state index contributed by atoms with van der Waals surface area (Å²) in [5, 5.41) is 25.4. The number of carbonyl (C=O) groups excluding carboxylic acids is 2. The third-order valence-corrected chi connectivity index (χ3v) is 22.1. The lowest BCUT2D eigenvalue weighted by atomic mass is 9.83. The Morgan fingerprint density at radius 3 is 2.27 bits per heavy atom. The molecular weight excluding hydrogens is 1320 g/mol. The average Bonchev–Trinajstić information content (AvgIpc) is 0.881. The van der Waals surface area contributed by atoms with Crippen LogP contribution in [0.25, 0.3) is 27.9 Å². The van der Waals surface area contributed by atoms with Crippen molar-refractivity contribution in [1.82, 2.24) is 34.3 Å². The average molecular weight is 1390 g/mol. The molecule has 3 aromatic carbocycles. The molecule has 90 heavy (non-hydrogen) atoms. The number of aliphatic hydroxyl groups excluding tert-OH is 2. The van der Waals surface area contributed by atoms with Gasteiger partial charge >= 0.3 is 15.6 Å². The number of hydrogen-bond acceptors (Lipinski definition) is 19. The Hall–Kier alpha value is -5.05. The number of likely N-dealkylation sites (N-methyl/N-ethyl adjacent to an activating group) is 2. The molecule has 0 bridgehead atoms. The van der Waals surface area contributed by atoms with E-state index in [-0.39, 0.29) is 97.7 Å². The lowest BCUT2D eigenvalue weighted by molar-refractivity contribution is -0.218. The van der Waals surface area contributed by atoms with E-state index in [4.69, 9.17) is 61.6 Å². The summed E-state index contributed by atoms with van der Waals surface area (Å²) in [7, 11) is -15.6. The lowest BCUT2D eigenvalue weighted by Gasteiger charge is -2.43. The van der Waals surface area contributed by atoms with E-state index in [0.29, 0.717) is 60.2 Å². The van der Waals surface area contributed by atoms with Crippen LogP contribution in [0, 0.1) is 0 Å². The Balaban J connectivity index is 0.784. The molecule has 0 radical (unpaired) electrons. The fourth-order valence-electron chi connectivity index (χ4n) is 12.1. The summed E-state index contributed by atoms with van der Waals surface area (Å²) in [6.07, 6.45) is 0.586. The minimum absolute atomic E-state index is 0.0129. The standard InChI is InChI=1S/C57H70Cl4N9O17P3/c1-10-69-35-23-37-33(21-31(35)29(3)25-56(69,5)6)41(34-22-32-30(4)26-57(7,8)70(11-2)36(32)24-38(34)84-37)42-43(45(59)47(61)46(60)44(42)58)53(75)67(9)19-16-17-40(71)63-18-14-12-13-15-20-82-88(76,77)86-90(80,81)87-89(78,79)83-27-39-49(72)50(73)54(85-39)68-28-64-48-51(68)65-55(62)66-52(48)74/h21-26,28,39,49-50,54,72-73H,10-20,27H2,1-9H3,(H6-,62,63,65,66,71,74,76,77,78,79,80,81)/t39-,49-,50-,54-/m1/s1. The third-order valence-electron chi connectivity index (χ3n) is 16.0. The van der Waals surface area contributed by atoms with Crippen molar-refractivity contribution in [2.45, 2.75) is 130 Å². The number of aliphatic hydroxyl groups is 2. The predicted octanol–water partition coefficient (Wildman–Crippen LogP) is 7.98. The van der Waals surface area contributed by atoms with Gasteiger partial charge in [-0.25, -0.2) is 23.0 Å². The van der Waals surface area contributed by atoms with Crippen LogP contribution < -0.4 is 46.3 Å². The highest BCUT2D eigenvalue weighted by atomic mass is 35.5. The van der Waals surface area contributed by atoms with E-state index in [1.165, 1.54) is 4.90 Å². The number of benzene rings is 3. The molecule has 4 aliphatic heterocycles. The number of phosphoric acid groups is 3. The first-order valence-electron chi connectivity index (χ1n) is 28.8. The number of phosphoric ester groups is 2. The van der Waals surface area contributed by atoms with Gasteiger partial charge in [-0.15, -0.1) is 0 Å². The molecule has 488 valence electrons. The summed E-state index contributed by atoms with van der Waals surface area (Å²) >= 11 is 28.3. The minimum atomic E-state index is -5.93. The van der Waals surface area contributed by atoms with E-state index in [1.54, 1.807) is 7.05 Å². The van der Waals surface area contributed by atoms with Gasteiger partial charge in [-0.1, -0.05) is 65.3 Å². The fraction of sp³-hybridized carbons (Fsp3) is 0.474. The van der Waals surface area contributed by atoms with Crippen molar-refractivity contribution in [2.24, 2.45) is 0 Å². The van der Waals surface area contributed by atoms with Crippen molar-refractivity contribution in [1.29, 1.82) is 0 Å². The van der Waals surface area contributed by atoms with Crippen molar-refractivity contribution in [2.75, 3.05) is 57.1 Å². The summed E-state index contributed by atoms with van der Waals surface area (Å²) < 4.78 is 70.8. The Morgan fingerprint density at radius 1 is 0.878 bits per heavy atom. The van der Waals surface area contributed by atoms with Gasteiger partial charge in [0.25, 0.3) is 19.3 Å². The summed E-state index contributed by atoms with van der Waals surface area (Å²) in [6, 6.07) is 8.22. The van der Waals surface area contributed by atoms with Gasteiger partial charge in [0, 0.05) is 91.7 Å². The number of halogens is 4. The number of allylic oxidation sites excluding steroid dienone is 2. The molecule has 2 aromatic heterocycles. The molecule has 0 aliphatic carbocycles. The number of nitrogens with zero attached hydrogens (tertiary/aromatic N) is 6. The Labute approximate surface area is 537 Å². The zero-order valence-corrected chi connectivity index (χ0v) is 56.3. The molecule has 3 unspecified atom stereocenters. The maximum Gasteiger partial charge on any atom is 0.487 e. The number of aromatic amines is 1. The molecule has 5 aromatic rings. The van der Waals surface area contributed by atoms with Gasteiger partial charge in [0.15, 0.2) is 22.9 Å². The Morgan fingerprint density at radius 2 is 1.57 bits per heavy atom. The number of H-pyrrole nitrogens is 1. The summed E-state index contributed by atoms with van der Waals surface area (Å²) in [5.41, 5.74) is 10.5. The number of nitrogen functional groups attached to an aromatic ring is 1. The predicted molar refractivity (Wildman–Crippen MR) is 338 cm³/mol. The number of fused-ring (bicyclic) bond motifs is 5. The zero-order chi connectivity index (χ0) is 65.9. The summed E-state index contributed by atoms with van der Waals surface area (Å²) in [6.45, 7) is 17.2. The van der Waals surface area contributed by atoms with Gasteiger partial charge in [0.05, 0.1) is 56.8 Å². The van der Waals surface area contributed by atoms with Crippen LogP contribution >= 0.6 is 69.9 Å². The molecule has 0 spiro atoms. The number of imidazole rings is 1. The second-order valence-corrected chi connectivity index (χ2v) is 29.4.